The molecule has 20 heteroatoms. The molecule has 0 radical (unpaired) electrons. The zero-order valence-corrected chi connectivity index (χ0v) is 40.1. The van der Waals surface area contributed by atoms with Crippen molar-refractivity contribution in [3.05, 3.63) is 54.4 Å². The summed E-state index contributed by atoms with van der Waals surface area (Å²) in [7, 11) is -2.59. The van der Waals surface area contributed by atoms with Crippen LogP contribution >= 0.6 is 0 Å². The number of methoxy groups -OCH3 is 1. The molecular weight excluding hydrogens is 896 g/mol. The highest BCUT2D eigenvalue weighted by Gasteiger charge is 2.63. The number of sulfonamides is 1. The number of benzene rings is 1. The van der Waals surface area contributed by atoms with Crippen LogP contribution in [0.15, 0.2) is 48.7 Å². The SMILES string of the molecule is CC[C@@H]1CC/C=C\[C@H]2C[C@@]2(C(=O)NS(=O)(=O)C2(C)CC2)NC(=O)[C@@H]2C[C@@H](Oc3cc(-n4ccc(C(C)C)n4)nc4cc(OC)ccc34)CN2C(=O)[C@@H](NC(=O)OC(C)(C)C(F)(F)F)[C@H](CC)C1. The molecule has 2 aliphatic heterocycles. The fourth-order valence-corrected chi connectivity index (χ4v) is 10.3. The van der Waals surface area contributed by atoms with Gasteiger partial charge in [0.25, 0.3) is 5.91 Å². The number of halogens is 3. The Hall–Kier alpha value is -5.40. The summed E-state index contributed by atoms with van der Waals surface area (Å²) < 4.78 is 88.6. The summed E-state index contributed by atoms with van der Waals surface area (Å²) >= 11 is 0. The molecule has 16 nitrogen and oxygen atoms in total. The Labute approximate surface area is 389 Å². The minimum absolute atomic E-state index is 0.000519. The van der Waals surface area contributed by atoms with Crippen molar-refractivity contribution in [2.75, 3.05) is 13.7 Å². The van der Waals surface area contributed by atoms with E-state index in [1.165, 1.54) is 12.0 Å². The summed E-state index contributed by atoms with van der Waals surface area (Å²) in [5, 5.41) is 10.6. The van der Waals surface area contributed by atoms with Gasteiger partial charge >= 0.3 is 12.3 Å². The molecule has 4 heterocycles. The summed E-state index contributed by atoms with van der Waals surface area (Å²) in [5.74, 6) is -2.23. The second-order valence-electron chi connectivity index (χ2n) is 19.5. The zero-order chi connectivity index (χ0) is 48.9. The molecule has 0 spiro atoms. The van der Waals surface area contributed by atoms with Gasteiger partial charge in [0.1, 0.15) is 35.2 Å². The Morgan fingerprint density at radius 1 is 1.06 bits per heavy atom. The number of carbonyl (C=O) groups is 4. The van der Waals surface area contributed by atoms with Crippen molar-refractivity contribution in [2.24, 2.45) is 17.8 Å². The molecule has 3 fully saturated rings. The van der Waals surface area contributed by atoms with E-state index in [-0.39, 0.29) is 31.2 Å². The number of hydrogen-bond donors (Lipinski definition) is 3. The molecule has 3 aromatic rings. The first-order valence-corrected chi connectivity index (χ1v) is 24.6. The summed E-state index contributed by atoms with van der Waals surface area (Å²) in [6.45, 7) is 10.6. The third kappa shape index (κ3) is 10.2. The average molecular weight is 958 g/mol. The van der Waals surface area contributed by atoms with Gasteiger partial charge in [-0.1, -0.05) is 52.7 Å². The molecule has 3 N–H and O–H groups in total. The van der Waals surface area contributed by atoms with Crippen molar-refractivity contribution in [1.82, 2.24) is 35.0 Å². The van der Waals surface area contributed by atoms with Crippen LogP contribution in [-0.4, -0.2) is 106 Å². The Balaban J connectivity index is 1.29. The highest BCUT2D eigenvalue weighted by atomic mass is 32.2. The number of alkyl carbamates (subject to hydrolysis) is 1. The molecule has 7 rings (SSSR count). The van der Waals surface area contributed by atoms with Crippen LogP contribution in [0.25, 0.3) is 16.7 Å². The summed E-state index contributed by atoms with van der Waals surface area (Å²) in [6, 6.07) is 5.98. The number of hydrogen-bond acceptors (Lipinski definition) is 11. The highest BCUT2D eigenvalue weighted by molar-refractivity contribution is 7.91. The molecule has 366 valence electrons. The first kappa shape index (κ1) is 49.5. The Morgan fingerprint density at radius 3 is 2.42 bits per heavy atom. The minimum Gasteiger partial charge on any atom is -0.497 e. The van der Waals surface area contributed by atoms with Gasteiger partial charge in [0, 0.05) is 36.1 Å². The number of fused-ring (bicyclic) bond motifs is 3. The predicted octanol–water partition coefficient (Wildman–Crippen LogP) is 7.00. The molecule has 1 aromatic carbocycles. The molecule has 1 saturated heterocycles. The number of nitrogens with one attached hydrogen (secondary N) is 3. The maximum absolute atomic E-state index is 15.3. The first-order chi connectivity index (χ1) is 31.4. The van der Waals surface area contributed by atoms with Gasteiger partial charge in [-0.2, -0.15) is 18.3 Å². The summed E-state index contributed by atoms with van der Waals surface area (Å²) in [5.41, 5.74) is -3.26. The van der Waals surface area contributed by atoms with Crippen LogP contribution in [0.3, 0.4) is 0 Å². The lowest BCUT2D eigenvalue weighted by Crippen LogP contribution is -2.60. The Morgan fingerprint density at radius 2 is 1.79 bits per heavy atom. The number of nitrogens with zero attached hydrogens (tertiary/aromatic N) is 4. The molecule has 4 amide bonds. The molecule has 2 aliphatic carbocycles. The van der Waals surface area contributed by atoms with E-state index in [2.05, 4.69) is 15.4 Å². The molecule has 2 saturated carbocycles. The van der Waals surface area contributed by atoms with Gasteiger partial charge < -0.3 is 29.7 Å². The second-order valence-corrected chi connectivity index (χ2v) is 21.7. The van der Waals surface area contributed by atoms with Crippen LogP contribution in [0.2, 0.25) is 0 Å². The van der Waals surface area contributed by atoms with Crippen molar-refractivity contribution in [2.45, 2.75) is 152 Å². The number of amides is 4. The van der Waals surface area contributed by atoms with E-state index in [9.17, 15) is 36.0 Å². The fourth-order valence-electron chi connectivity index (χ4n) is 8.95. The molecule has 67 heavy (non-hydrogen) atoms. The van der Waals surface area contributed by atoms with Crippen LogP contribution < -0.4 is 24.8 Å². The van der Waals surface area contributed by atoms with Gasteiger partial charge in [0.05, 0.1) is 29.6 Å². The minimum atomic E-state index is -4.93. The van der Waals surface area contributed by atoms with Crippen molar-refractivity contribution >= 4 is 44.7 Å². The van der Waals surface area contributed by atoms with Crippen LogP contribution in [0.1, 0.15) is 118 Å². The maximum Gasteiger partial charge on any atom is 0.427 e. The summed E-state index contributed by atoms with van der Waals surface area (Å²) in [6.07, 6.45) is 1.47. The lowest BCUT2D eigenvalue weighted by Gasteiger charge is -2.35. The quantitative estimate of drug-likeness (QED) is 0.158. The summed E-state index contributed by atoms with van der Waals surface area (Å²) in [4.78, 5) is 63.8. The molecule has 7 atom stereocenters. The first-order valence-electron chi connectivity index (χ1n) is 23.1. The van der Waals surface area contributed by atoms with E-state index < -0.39 is 85.9 Å². The standard InChI is InChI=1S/C47H62F3N7O9S/c1-9-28-13-11-12-14-30-25-46(30,42(60)55-67(62,63)45(7)18-19-45)53-40(58)36-23-32(26-56(36)41(59)39(29(10-2)21-28)52-43(61)66-44(5,6)47(48,49)50)65-37-24-38(57-20-17-34(54-57)27(3)4)51-35-22-31(64-8)15-16-33(35)37/h12,14-17,20,22,24,27-30,32,36,39H,9-11,13,18-19,21,23,25-26H2,1-8H3,(H,52,61)(H,53,58)(H,55,60)/b14-12-/t28-,29-,30+,32-,36+,39+,46-/m1/s1. The smallest absolute Gasteiger partial charge is 0.427 e. The van der Waals surface area contributed by atoms with E-state index in [1.54, 1.807) is 42.1 Å². The third-order valence-corrected chi connectivity index (χ3v) is 16.2. The highest BCUT2D eigenvalue weighted by Crippen LogP contribution is 2.48. The lowest BCUT2D eigenvalue weighted by atomic mass is 9.83. The fraction of sp³-hybridized carbons (Fsp3) is 0.617. The maximum atomic E-state index is 15.3. The third-order valence-electron chi connectivity index (χ3n) is 14.0. The van der Waals surface area contributed by atoms with Crippen LogP contribution in [-0.2, 0) is 29.1 Å². The topological polar surface area (TPSA) is 200 Å². The van der Waals surface area contributed by atoms with Gasteiger partial charge in [0.15, 0.2) is 5.82 Å². The molecular formula is C47H62F3N7O9S. The van der Waals surface area contributed by atoms with Crippen molar-refractivity contribution < 1.29 is 55.0 Å². The second kappa shape index (κ2) is 18.6. The number of pyridine rings is 1. The molecule has 0 bridgehead atoms. The van der Waals surface area contributed by atoms with Crippen LogP contribution in [0.5, 0.6) is 11.5 Å². The van der Waals surface area contributed by atoms with E-state index in [4.69, 9.17) is 24.3 Å². The number of rotatable bonds is 12. The van der Waals surface area contributed by atoms with Crippen molar-refractivity contribution in [1.29, 1.82) is 0 Å². The van der Waals surface area contributed by atoms with E-state index in [0.29, 0.717) is 87.0 Å². The predicted molar refractivity (Wildman–Crippen MR) is 242 cm³/mol. The van der Waals surface area contributed by atoms with Gasteiger partial charge in [0.2, 0.25) is 27.4 Å². The lowest BCUT2D eigenvalue weighted by molar-refractivity contribution is -0.244. The van der Waals surface area contributed by atoms with E-state index in [0.717, 1.165) is 5.69 Å². The van der Waals surface area contributed by atoms with Gasteiger partial charge in [-0.3, -0.25) is 19.1 Å². The molecule has 4 aliphatic rings. The Bertz CT molecular complexity index is 2520. The van der Waals surface area contributed by atoms with E-state index >= 15 is 4.79 Å². The van der Waals surface area contributed by atoms with Crippen LogP contribution in [0.4, 0.5) is 18.0 Å². The number of carbonyl (C=O) groups excluding carboxylic acids is 4. The molecule has 0 unspecified atom stereocenters. The normalized spacial score (nSPS) is 27.2. The number of aromatic nitrogens is 3. The number of ether oxygens (including phenoxy) is 3. The van der Waals surface area contributed by atoms with E-state index in [1.807, 2.05) is 45.9 Å². The number of allylic oxidation sites excluding steroid dienone is 1. The average Bonchev–Trinajstić information content (AvgIpc) is 4.03. The zero-order valence-electron chi connectivity index (χ0n) is 39.2. The van der Waals surface area contributed by atoms with Crippen molar-refractivity contribution in [3.8, 4) is 17.3 Å². The largest absolute Gasteiger partial charge is 0.497 e. The van der Waals surface area contributed by atoms with Gasteiger partial charge in [-0.15, -0.1) is 0 Å². The van der Waals surface area contributed by atoms with Crippen LogP contribution in [0, 0.1) is 17.8 Å². The number of alkyl halides is 3. The Kier molecular flexibility index (Phi) is 13.7. The monoisotopic (exact) mass is 957 g/mol. The van der Waals surface area contributed by atoms with Gasteiger partial charge in [-0.25, -0.2) is 22.9 Å². The molecule has 2 aromatic heterocycles. The van der Waals surface area contributed by atoms with Gasteiger partial charge in [-0.05, 0) is 95.2 Å². The van der Waals surface area contributed by atoms with Crippen molar-refractivity contribution in [3.63, 3.8) is 0 Å².